The number of phenolic OH excluding ortho intramolecular Hbond substituents is 1. The Morgan fingerprint density at radius 1 is 0.667 bits per heavy atom. The largest absolute Gasteiger partial charge is 0.508 e. The number of benzene rings is 1. The van der Waals surface area contributed by atoms with Gasteiger partial charge in [0.15, 0.2) is 0 Å². The molecule has 3 rings (SSSR count). The number of nitrogens with zero attached hydrogens (tertiary/aromatic N) is 4. The third-order valence-corrected chi connectivity index (χ3v) is 11.0. The van der Waals surface area contributed by atoms with Gasteiger partial charge < -0.3 is 35.3 Å². The summed E-state index contributed by atoms with van der Waals surface area (Å²) >= 11 is 0. The first-order chi connectivity index (χ1) is 25.3. The molecule has 0 aliphatic carbocycles. The Morgan fingerprint density at radius 3 is 1.72 bits per heavy atom. The summed E-state index contributed by atoms with van der Waals surface area (Å²) in [7, 11) is 4.68. The van der Waals surface area contributed by atoms with Gasteiger partial charge in [0.2, 0.25) is 35.4 Å². The Balaban J connectivity index is 2.24. The number of likely N-dealkylation sites (N-methyl/N-ethyl adjacent to an activating group) is 3. The van der Waals surface area contributed by atoms with E-state index in [1.807, 2.05) is 55.4 Å². The number of nitrogens with one attached hydrogen (secondary N) is 2. The molecule has 0 unspecified atom stereocenters. The predicted octanol–water partition coefficient (Wildman–Crippen LogP) is 3.57. The van der Waals surface area contributed by atoms with Crippen LogP contribution in [0.2, 0.25) is 0 Å². The van der Waals surface area contributed by atoms with Gasteiger partial charge in [-0.15, -0.1) is 0 Å². The van der Waals surface area contributed by atoms with Crippen LogP contribution in [0.5, 0.6) is 5.75 Å². The molecule has 1 aromatic carbocycles. The lowest BCUT2D eigenvalue weighted by atomic mass is 9.93. The van der Waals surface area contributed by atoms with Gasteiger partial charge in [0.25, 0.3) is 0 Å². The molecular formula is C41H66N6O7. The standard InChI is InChI=1S/C41H66N6O7/c1-12-27(8)35-37(50)43-31(21-25(4)5)39(52)47-19-13-14-32(47)40(53)44(9)33(23-28-15-17-29(48)18-16-28)36(49)42-30(20-24(2)3)38(51)45(10)34(22-26(6)7)41(54)46(35)11/h15-18,24-27,30-35,48H,12-14,19-23H2,1-11H3,(H,42,49)(H,43,50)/t27-,30-,31-,32+,33-,34+,35-/m0/s1. The zero-order valence-electron chi connectivity index (χ0n) is 34.4. The SMILES string of the molecule is CC[C@H](C)[C@H]1C(=O)N[C@@H](CC(C)C)C(=O)N2CCC[C@@H]2C(=O)N(C)[C@@H](Cc2ccc(O)cc2)C(=O)N[C@@H](CC(C)C)C(=O)N(C)[C@H](CC(C)C)C(=O)N1C. The number of hydrogen-bond acceptors (Lipinski definition) is 7. The predicted molar refractivity (Wildman–Crippen MR) is 208 cm³/mol. The molecule has 54 heavy (non-hydrogen) atoms. The maximum Gasteiger partial charge on any atom is 0.245 e. The first-order valence-electron chi connectivity index (χ1n) is 19.8. The molecule has 0 aromatic heterocycles. The normalized spacial score (nSPS) is 26.3. The molecule has 3 N–H and O–H groups in total. The maximum absolute atomic E-state index is 14.6. The zero-order chi connectivity index (χ0) is 40.6. The van der Waals surface area contributed by atoms with Crippen LogP contribution in [0.3, 0.4) is 0 Å². The first-order valence-corrected chi connectivity index (χ1v) is 19.8. The van der Waals surface area contributed by atoms with Gasteiger partial charge in [-0.3, -0.25) is 28.8 Å². The van der Waals surface area contributed by atoms with Crippen molar-refractivity contribution < 1.29 is 33.9 Å². The smallest absolute Gasteiger partial charge is 0.245 e. The van der Waals surface area contributed by atoms with E-state index in [-0.39, 0.29) is 48.2 Å². The van der Waals surface area contributed by atoms with E-state index in [0.717, 1.165) is 0 Å². The summed E-state index contributed by atoms with van der Waals surface area (Å²) in [5, 5.41) is 15.9. The van der Waals surface area contributed by atoms with E-state index < -0.39 is 65.8 Å². The summed E-state index contributed by atoms with van der Waals surface area (Å²) in [4.78, 5) is 92.4. The topological polar surface area (TPSA) is 160 Å². The highest BCUT2D eigenvalue weighted by Gasteiger charge is 2.44. The van der Waals surface area contributed by atoms with E-state index in [1.165, 1.54) is 38.8 Å². The summed E-state index contributed by atoms with van der Waals surface area (Å²) in [6, 6.07) is 0.570. The van der Waals surface area contributed by atoms with Crippen molar-refractivity contribution in [3.8, 4) is 5.75 Å². The Hall–Kier alpha value is -4.16. The highest BCUT2D eigenvalue weighted by molar-refractivity contribution is 5.98. The third-order valence-electron chi connectivity index (χ3n) is 11.0. The molecule has 302 valence electrons. The van der Waals surface area contributed by atoms with Crippen LogP contribution < -0.4 is 10.6 Å². The lowest BCUT2D eigenvalue weighted by Crippen LogP contribution is -2.62. The van der Waals surface area contributed by atoms with Crippen LogP contribution >= 0.6 is 0 Å². The molecule has 7 atom stereocenters. The van der Waals surface area contributed by atoms with E-state index in [2.05, 4.69) is 10.6 Å². The van der Waals surface area contributed by atoms with Gasteiger partial charge >= 0.3 is 0 Å². The Kier molecular flexibility index (Phi) is 15.9. The fourth-order valence-corrected chi connectivity index (χ4v) is 7.73. The van der Waals surface area contributed by atoms with Gasteiger partial charge in [0.1, 0.15) is 42.0 Å². The Bertz CT molecular complexity index is 1480. The number of aromatic hydroxyl groups is 1. The second-order valence-corrected chi connectivity index (χ2v) is 16.8. The number of carbonyl (C=O) groups is 6. The highest BCUT2D eigenvalue weighted by atomic mass is 16.3. The quantitative estimate of drug-likeness (QED) is 0.330. The van der Waals surface area contributed by atoms with Crippen molar-refractivity contribution in [1.82, 2.24) is 30.2 Å². The number of hydrogen-bond donors (Lipinski definition) is 3. The van der Waals surface area contributed by atoms with E-state index in [9.17, 15) is 33.9 Å². The van der Waals surface area contributed by atoms with Crippen LogP contribution in [0.25, 0.3) is 0 Å². The molecule has 2 aliphatic heterocycles. The van der Waals surface area contributed by atoms with Crippen LogP contribution in [0.15, 0.2) is 24.3 Å². The van der Waals surface area contributed by atoms with Crippen molar-refractivity contribution in [2.75, 3.05) is 27.7 Å². The molecule has 0 bridgehead atoms. The number of phenols is 1. The lowest BCUT2D eigenvalue weighted by molar-refractivity contribution is -0.152. The average molecular weight is 755 g/mol. The minimum absolute atomic E-state index is 0.00488. The summed E-state index contributed by atoms with van der Waals surface area (Å²) < 4.78 is 0. The summed E-state index contributed by atoms with van der Waals surface area (Å²) in [5.41, 5.74) is 0.680. The molecule has 2 heterocycles. The van der Waals surface area contributed by atoms with Gasteiger partial charge in [-0.1, -0.05) is 73.9 Å². The Labute approximate surface area is 322 Å². The highest BCUT2D eigenvalue weighted by Crippen LogP contribution is 2.26. The summed E-state index contributed by atoms with van der Waals surface area (Å²) in [6.45, 7) is 15.8. The molecule has 0 radical (unpaired) electrons. The number of amides is 6. The summed E-state index contributed by atoms with van der Waals surface area (Å²) in [6.07, 6.45) is 2.51. The third kappa shape index (κ3) is 11.0. The van der Waals surface area contributed by atoms with Crippen molar-refractivity contribution in [3.05, 3.63) is 29.8 Å². The fraction of sp³-hybridized carbons (Fsp3) is 0.707. The van der Waals surface area contributed by atoms with E-state index in [4.69, 9.17) is 0 Å². The molecule has 0 spiro atoms. The minimum Gasteiger partial charge on any atom is -0.508 e. The fourth-order valence-electron chi connectivity index (χ4n) is 7.73. The van der Waals surface area contributed by atoms with E-state index >= 15 is 0 Å². The zero-order valence-corrected chi connectivity index (χ0v) is 34.4. The van der Waals surface area contributed by atoms with E-state index in [0.29, 0.717) is 44.2 Å². The van der Waals surface area contributed by atoms with Crippen molar-refractivity contribution in [3.63, 3.8) is 0 Å². The Morgan fingerprint density at radius 2 is 1.19 bits per heavy atom. The molecule has 2 saturated heterocycles. The van der Waals surface area contributed by atoms with Crippen molar-refractivity contribution in [1.29, 1.82) is 0 Å². The lowest BCUT2D eigenvalue weighted by Gasteiger charge is -2.39. The minimum atomic E-state index is -1.08. The van der Waals surface area contributed by atoms with Crippen LogP contribution in [-0.2, 0) is 35.2 Å². The molecule has 2 fully saturated rings. The van der Waals surface area contributed by atoms with Gasteiger partial charge in [0, 0.05) is 34.1 Å². The van der Waals surface area contributed by atoms with Crippen molar-refractivity contribution in [2.45, 2.75) is 137 Å². The second-order valence-electron chi connectivity index (χ2n) is 16.8. The number of carbonyl (C=O) groups excluding carboxylic acids is 6. The van der Waals surface area contributed by atoms with Gasteiger partial charge in [0.05, 0.1) is 0 Å². The molecule has 6 amide bonds. The maximum atomic E-state index is 14.6. The monoisotopic (exact) mass is 754 g/mol. The number of fused-ring (bicyclic) bond motifs is 1. The van der Waals surface area contributed by atoms with Crippen LogP contribution in [0, 0.1) is 23.7 Å². The van der Waals surface area contributed by atoms with E-state index in [1.54, 1.807) is 26.2 Å². The molecule has 1 aromatic rings. The molecule has 0 saturated carbocycles. The van der Waals surface area contributed by atoms with Crippen molar-refractivity contribution in [2.24, 2.45) is 23.7 Å². The molecule has 2 aliphatic rings. The number of rotatable bonds is 10. The summed E-state index contributed by atoms with van der Waals surface area (Å²) in [5.74, 6) is -2.88. The molecule has 13 nitrogen and oxygen atoms in total. The van der Waals surface area contributed by atoms with Gasteiger partial charge in [-0.2, -0.15) is 0 Å². The average Bonchev–Trinajstić information content (AvgIpc) is 3.60. The second kappa shape index (κ2) is 19.4. The van der Waals surface area contributed by atoms with Gasteiger partial charge in [-0.05, 0) is 73.5 Å². The first kappa shape index (κ1) is 44.2. The molecular weight excluding hydrogens is 688 g/mol. The van der Waals surface area contributed by atoms with Crippen molar-refractivity contribution >= 4 is 35.4 Å². The van der Waals surface area contributed by atoms with Crippen LogP contribution in [-0.4, -0.2) is 124 Å². The molecule has 13 heteroatoms. The van der Waals surface area contributed by atoms with Gasteiger partial charge in [-0.25, -0.2) is 0 Å². The van der Waals surface area contributed by atoms with Crippen LogP contribution in [0.4, 0.5) is 0 Å². The van der Waals surface area contributed by atoms with Crippen LogP contribution in [0.1, 0.15) is 99.5 Å².